The molecule has 0 spiro atoms. The standard InChI is InChI=1S/C25H21FN2O4/c1-31-22-12-9-19(14-23(22)32-16-18-5-3-2-4-6-18)13-21-24(29)28(25(30)27-21)15-17-7-10-20(26)11-8-17/h2-14H,15-16H2,1H3,(H,27,30)/b21-13-. The first kappa shape index (κ1) is 21.1. The lowest BCUT2D eigenvalue weighted by Crippen LogP contribution is -2.30. The van der Waals surface area contributed by atoms with Crippen molar-refractivity contribution in [3.8, 4) is 11.5 Å². The van der Waals surface area contributed by atoms with Crippen LogP contribution in [-0.2, 0) is 17.9 Å². The molecule has 0 unspecified atom stereocenters. The Balaban J connectivity index is 1.51. The fraction of sp³-hybridized carbons (Fsp3) is 0.120. The molecule has 162 valence electrons. The molecule has 1 aliphatic rings. The number of nitrogens with zero attached hydrogens (tertiary/aromatic N) is 1. The van der Waals surface area contributed by atoms with Crippen LogP contribution >= 0.6 is 0 Å². The van der Waals surface area contributed by atoms with Gasteiger partial charge in [0.05, 0.1) is 13.7 Å². The third-order valence-electron chi connectivity index (χ3n) is 4.95. The zero-order chi connectivity index (χ0) is 22.5. The fourth-order valence-electron chi connectivity index (χ4n) is 3.29. The van der Waals surface area contributed by atoms with E-state index in [0.29, 0.717) is 29.2 Å². The van der Waals surface area contributed by atoms with Crippen LogP contribution in [0.5, 0.6) is 11.5 Å². The predicted octanol–water partition coefficient (Wildman–Crippen LogP) is 4.51. The van der Waals surface area contributed by atoms with E-state index in [1.54, 1.807) is 31.4 Å². The van der Waals surface area contributed by atoms with Crippen molar-refractivity contribution in [2.24, 2.45) is 0 Å². The summed E-state index contributed by atoms with van der Waals surface area (Å²) in [5.41, 5.74) is 2.47. The van der Waals surface area contributed by atoms with Crippen LogP contribution in [0.1, 0.15) is 16.7 Å². The molecule has 0 aromatic heterocycles. The van der Waals surface area contributed by atoms with E-state index in [2.05, 4.69) is 5.32 Å². The third-order valence-corrected chi connectivity index (χ3v) is 4.95. The molecule has 32 heavy (non-hydrogen) atoms. The van der Waals surface area contributed by atoms with Crippen LogP contribution in [0.2, 0.25) is 0 Å². The van der Waals surface area contributed by atoms with Crippen molar-refractivity contribution < 1.29 is 23.5 Å². The van der Waals surface area contributed by atoms with E-state index in [1.165, 1.54) is 24.3 Å². The molecule has 0 aliphatic carbocycles. The van der Waals surface area contributed by atoms with E-state index in [0.717, 1.165) is 10.5 Å². The Labute approximate surface area is 184 Å². The lowest BCUT2D eigenvalue weighted by Gasteiger charge is -2.12. The van der Waals surface area contributed by atoms with Crippen LogP contribution in [0.4, 0.5) is 9.18 Å². The molecule has 3 amide bonds. The number of methoxy groups -OCH3 is 1. The Morgan fingerprint density at radius 1 is 0.938 bits per heavy atom. The summed E-state index contributed by atoms with van der Waals surface area (Å²) in [6.45, 7) is 0.411. The number of carbonyl (C=O) groups excluding carboxylic acids is 2. The summed E-state index contributed by atoms with van der Waals surface area (Å²) in [6, 6.07) is 20.1. The van der Waals surface area contributed by atoms with Crippen molar-refractivity contribution in [3.05, 3.63) is 101 Å². The molecule has 7 heteroatoms. The van der Waals surface area contributed by atoms with E-state index >= 15 is 0 Å². The molecule has 0 bridgehead atoms. The molecule has 1 fully saturated rings. The molecule has 3 aromatic carbocycles. The molecular weight excluding hydrogens is 411 g/mol. The number of ether oxygens (including phenoxy) is 2. The van der Waals surface area contributed by atoms with Crippen LogP contribution in [0.15, 0.2) is 78.5 Å². The Hall–Kier alpha value is -4.13. The zero-order valence-corrected chi connectivity index (χ0v) is 17.4. The Morgan fingerprint density at radius 2 is 1.69 bits per heavy atom. The van der Waals surface area contributed by atoms with Gasteiger partial charge in [-0.2, -0.15) is 0 Å². The number of urea groups is 1. The number of amides is 3. The van der Waals surface area contributed by atoms with Crippen LogP contribution < -0.4 is 14.8 Å². The number of halogens is 1. The molecule has 1 heterocycles. The third kappa shape index (κ3) is 4.78. The highest BCUT2D eigenvalue weighted by Crippen LogP contribution is 2.30. The number of carbonyl (C=O) groups is 2. The first-order valence-electron chi connectivity index (χ1n) is 9.97. The minimum Gasteiger partial charge on any atom is -0.493 e. The summed E-state index contributed by atoms with van der Waals surface area (Å²) in [4.78, 5) is 26.2. The van der Waals surface area contributed by atoms with Gasteiger partial charge in [0.15, 0.2) is 11.5 Å². The van der Waals surface area contributed by atoms with Crippen LogP contribution in [0.25, 0.3) is 6.08 Å². The van der Waals surface area contributed by atoms with Gasteiger partial charge in [0.2, 0.25) is 0 Å². The highest BCUT2D eigenvalue weighted by molar-refractivity contribution is 6.13. The smallest absolute Gasteiger partial charge is 0.329 e. The number of rotatable bonds is 7. The van der Waals surface area contributed by atoms with E-state index in [4.69, 9.17) is 9.47 Å². The Bertz CT molecular complexity index is 1160. The van der Waals surface area contributed by atoms with Crippen LogP contribution in [0, 0.1) is 5.82 Å². The maximum Gasteiger partial charge on any atom is 0.329 e. The maximum absolute atomic E-state index is 13.1. The number of benzene rings is 3. The molecule has 4 rings (SSSR count). The van der Waals surface area contributed by atoms with Gasteiger partial charge in [0, 0.05) is 0 Å². The summed E-state index contributed by atoms with van der Waals surface area (Å²) in [7, 11) is 1.55. The number of imide groups is 1. The van der Waals surface area contributed by atoms with Crippen molar-refractivity contribution in [1.82, 2.24) is 10.2 Å². The fourth-order valence-corrected chi connectivity index (χ4v) is 3.29. The van der Waals surface area contributed by atoms with Crippen molar-refractivity contribution in [1.29, 1.82) is 0 Å². The number of nitrogens with one attached hydrogen (secondary N) is 1. The van der Waals surface area contributed by atoms with Gasteiger partial charge in [-0.3, -0.25) is 9.69 Å². The average Bonchev–Trinajstić information content (AvgIpc) is 3.07. The normalized spacial score (nSPS) is 14.6. The van der Waals surface area contributed by atoms with Gasteiger partial charge >= 0.3 is 6.03 Å². The largest absolute Gasteiger partial charge is 0.493 e. The molecule has 0 radical (unpaired) electrons. The van der Waals surface area contributed by atoms with Crippen LogP contribution in [0.3, 0.4) is 0 Å². The maximum atomic E-state index is 13.1. The second-order valence-electron chi connectivity index (χ2n) is 7.19. The monoisotopic (exact) mass is 432 g/mol. The molecular formula is C25H21FN2O4. The molecule has 0 atom stereocenters. The summed E-state index contributed by atoms with van der Waals surface area (Å²) < 4.78 is 24.4. The molecule has 0 saturated carbocycles. The second-order valence-corrected chi connectivity index (χ2v) is 7.19. The minimum absolute atomic E-state index is 0.0519. The van der Waals surface area contributed by atoms with Gasteiger partial charge < -0.3 is 14.8 Å². The molecule has 6 nitrogen and oxygen atoms in total. The Morgan fingerprint density at radius 3 is 2.41 bits per heavy atom. The highest BCUT2D eigenvalue weighted by atomic mass is 19.1. The van der Waals surface area contributed by atoms with Gasteiger partial charge in [-0.05, 0) is 47.0 Å². The first-order chi connectivity index (χ1) is 15.5. The topological polar surface area (TPSA) is 67.9 Å². The Kier molecular flexibility index (Phi) is 6.17. The summed E-state index contributed by atoms with van der Waals surface area (Å²) in [5.74, 6) is 0.242. The SMILES string of the molecule is COc1ccc(/C=C2\NC(=O)N(Cc3ccc(F)cc3)C2=O)cc1OCc1ccccc1. The van der Waals surface area contributed by atoms with E-state index in [1.807, 2.05) is 30.3 Å². The van der Waals surface area contributed by atoms with E-state index in [-0.39, 0.29) is 18.1 Å². The van der Waals surface area contributed by atoms with Gasteiger partial charge in [0.1, 0.15) is 18.1 Å². The molecule has 1 N–H and O–H groups in total. The number of hydrogen-bond donors (Lipinski definition) is 1. The minimum atomic E-state index is -0.528. The van der Waals surface area contributed by atoms with Gasteiger partial charge in [0.25, 0.3) is 5.91 Å². The van der Waals surface area contributed by atoms with Crippen LogP contribution in [-0.4, -0.2) is 23.9 Å². The quantitative estimate of drug-likeness (QED) is 0.441. The molecule has 3 aromatic rings. The van der Waals surface area contributed by atoms with Crippen molar-refractivity contribution in [2.75, 3.05) is 7.11 Å². The first-order valence-corrected chi connectivity index (χ1v) is 9.97. The zero-order valence-electron chi connectivity index (χ0n) is 17.4. The van der Waals surface area contributed by atoms with Crippen molar-refractivity contribution >= 4 is 18.0 Å². The highest BCUT2D eigenvalue weighted by Gasteiger charge is 2.33. The summed E-state index contributed by atoms with van der Waals surface area (Å²) in [5, 5.41) is 2.59. The van der Waals surface area contributed by atoms with Gasteiger partial charge in [-0.15, -0.1) is 0 Å². The number of hydrogen-bond acceptors (Lipinski definition) is 4. The van der Waals surface area contributed by atoms with E-state index < -0.39 is 11.9 Å². The molecule has 1 aliphatic heterocycles. The lowest BCUT2D eigenvalue weighted by molar-refractivity contribution is -0.123. The van der Waals surface area contributed by atoms with Gasteiger partial charge in [-0.25, -0.2) is 9.18 Å². The second kappa shape index (κ2) is 9.34. The van der Waals surface area contributed by atoms with Crippen molar-refractivity contribution in [2.45, 2.75) is 13.2 Å². The predicted molar refractivity (Wildman–Crippen MR) is 117 cm³/mol. The summed E-state index contributed by atoms with van der Waals surface area (Å²) >= 11 is 0. The lowest BCUT2D eigenvalue weighted by atomic mass is 10.1. The molecule has 1 saturated heterocycles. The van der Waals surface area contributed by atoms with Crippen molar-refractivity contribution in [3.63, 3.8) is 0 Å². The van der Waals surface area contributed by atoms with E-state index in [9.17, 15) is 14.0 Å². The van der Waals surface area contributed by atoms with Gasteiger partial charge in [-0.1, -0.05) is 48.5 Å². The average molecular weight is 432 g/mol. The summed E-state index contributed by atoms with van der Waals surface area (Å²) in [6.07, 6.45) is 1.58.